The van der Waals surface area contributed by atoms with E-state index in [4.69, 9.17) is 21.7 Å². The van der Waals surface area contributed by atoms with E-state index >= 15 is 0 Å². The number of thiocarbonyl (C=S) groups is 1. The second-order valence-electron chi connectivity index (χ2n) is 6.35. The number of carbonyl (C=O) groups excluding carboxylic acids is 1. The highest BCUT2D eigenvalue weighted by Gasteiger charge is 2.32. The second-order valence-corrected chi connectivity index (χ2v) is 6.79. The van der Waals surface area contributed by atoms with Crippen LogP contribution in [0.5, 0.6) is 0 Å². The maximum absolute atomic E-state index is 12.4. The third-order valence-electron chi connectivity index (χ3n) is 4.23. The summed E-state index contributed by atoms with van der Waals surface area (Å²) >= 11 is 5.61. The Morgan fingerprint density at radius 2 is 1.72 bits per heavy atom. The highest BCUT2D eigenvalue weighted by Crippen LogP contribution is 2.26. The highest BCUT2D eigenvalue weighted by atomic mass is 32.1. The third-order valence-corrected chi connectivity index (χ3v) is 4.62. The van der Waals surface area contributed by atoms with Gasteiger partial charge in [-0.25, -0.2) is 0 Å². The molecule has 0 aliphatic carbocycles. The van der Waals surface area contributed by atoms with Crippen LogP contribution in [0.1, 0.15) is 39.3 Å². The molecule has 1 rings (SSSR count). The highest BCUT2D eigenvalue weighted by molar-refractivity contribution is 7.80. The molecule has 0 spiro atoms. The van der Waals surface area contributed by atoms with Crippen LogP contribution in [-0.4, -0.2) is 48.9 Å². The van der Waals surface area contributed by atoms with Gasteiger partial charge in [-0.3, -0.25) is 4.79 Å². The maximum atomic E-state index is 12.4. The number of benzene rings is 1. The number of nitrogens with zero attached hydrogens (tertiary/aromatic N) is 1. The van der Waals surface area contributed by atoms with Crippen molar-refractivity contribution in [2.75, 3.05) is 20.8 Å². The van der Waals surface area contributed by atoms with Crippen LogP contribution in [0.2, 0.25) is 0 Å². The lowest BCUT2D eigenvalue weighted by molar-refractivity contribution is -0.133. The van der Waals surface area contributed by atoms with Crippen molar-refractivity contribution in [1.29, 1.82) is 0 Å². The molecule has 0 aliphatic heterocycles. The Bertz CT molecular complexity index is 547. The van der Waals surface area contributed by atoms with Crippen LogP contribution in [0.15, 0.2) is 30.3 Å². The first-order valence-corrected chi connectivity index (χ1v) is 8.91. The van der Waals surface area contributed by atoms with E-state index in [1.807, 2.05) is 42.2 Å². The molecule has 1 N–H and O–H groups in total. The number of ether oxygens (including phenoxy) is 2. The summed E-state index contributed by atoms with van der Waals surface area (Å²) in [6.45, 7) is 8.18. The molecule has 25 heavy (non-hydrogen) atoms. The second kappa shape index (κ2) is 10.5. The van der Waals surface area contributed by atoms with Gasteiger partial charge >= 0.3 is 0 Å². The predicted octanol–water partition coefficient (Wildman–Crippen LogP) is 3.16. The van der Waals surface area contributed by atoms with E-state index in [0.29, 0.717) is 11.5 Å². The van der Waals surface area contributed by atoms with E-state index in [-0.39, 0.29) is 30.2 Å². The Balaban J connectivity index is 3.02. The van der Waals surface area contributed by atoms with Gasteiger partial charge < -0.3 is 19.7 Å². The minimum atomic E-state index is -0.386. The fraction of sp³-hybridized carbons (Fsp3) is 0.579. The average molecular weight is 367 g/mol. The summed E-state index contributed by atoms with van der Waals surface area (Å²) in [5.74, 6) is 0.160. The molecule has 5 nitrogen and oxygen atoms in total. The van der Waals surface area contributed by atoms with Crippen molar-refractivity contribution in [3.8, 4) is 0 Å². The molecule has 0 aromatic heterocycles. The molecule has 0 aliphatic rings. The summed E-state index contributed by atoms with van der Waals surface area (Å²) in [7, 11) is 3.16. The SMILES string of the molecule is COC(CNC(=S)[C@@H](C(C)C)N(C(C)=O)[C@@H](C)c1ccccc1)OC. The van der Waals surface area contributed by atoms with Gasteiger partial charge in [0.1, 0.15) is 0 Å². The first-order valence-electron chi connectivity index (χ1n) is 8.50. The Hall–Kier alpha value is -1.50. The zero-order valence-corrected chi connectivity index (χ0v) is 16.8. The van der Waals surface area contributed by atoms with E-state index in [1.165, 1.54) is 0 Å². The molecule has 0 saturated carbocycles. The lowest BCUT2D eigenvalue weighted by atomic mass is 9.97. The fourth-order valence-electron chi connectivity index (χ4n) is 2.90. The Morgan fingerprint density at radius 3 is 2.16 bits per heavy atom. The summed E-state index contributed by atoms with van der Waals surface area (Å²) < 4.78 is 10.4. The van der Waals surface area contributed by atoms with Crippen LogP contribution in [0.3, 0.4) is 0 Å². The average Bonchev–Trinajstić information content (AvgIpc) is 2.59. The molecule has 140 valence electrons. The quantitative estimate of drug-likeness (QED) is 0.537. The van der Waals surface area contributed by atoms with Gasteiger partial charge in [-0.1, -0.05) is 56.4 Å². The van der Waals surface area contributed by atoms with Crippen LogP contribution in [0.25, 0.3) is 0 Å². The van der Waals surface area contributed by atoms with Gasteiger partial charge in [0.25, 0.3) is 0 Å². The number of rotatable bonds is 9. The molecule has 6 heteroatoms. The van der Waals surface area contributed by atoms with Gasteiger partial charge in [0.15, 0.2) is 6.29 Å². The Morgan fingerprint density at radius 1 is 1.16 bits per heavy atom. The molecule has 0 unspecified atom stereocenters. The molecular formula is C19H30N2O3S. The molecule has 2 atom stereocenters. The summed E-state index contributed by atoms with van der Waals surface area (Å²) in [6, 6.07) is 9.69. The summed E-state index contributed by atoms with van der Waals surface area (Å²) in [5, 5.41) is 3.20. The number of hydrogen-bond acceptors (Lipinski definition) is 4. The van der Waals surface area contributed by atoms with E-state index in [1.54, 1.807) is 21.1 Å². The van der Waals surface area contributed by atoms with E-state index < -0.39 is 0 Å². The Labute approximate surface area is 156 Å². The first-order chi connectivity index (χ1) is 11.8. The van der Waals surface area contributed by atoms with Gasteiger partial charge in [0.05, 0.1) is 23.6 Å². The van der Waals surface area contributed by atoms with Crippen LogP contribution >= 0.6 is 12.2 Å². The van der Waals surface area contributed by atoms with Gasteiger partial charge in [-0.05, 0) is 18.4 Å². The normalized spacial score (nSPS) is 13.6. The predicted molar refractivity (Wildman–Crippen MR) is 104 cm³/mol. The maximum Gasteiger partial charge on any atom is 0.220 e. The summed E-state index contributed by atoms with van der Waals surface area (Å²) in [5.41, 5.74) is 1.08. The van der Waals surface area contributed by atoms with E-state index in [0.717, 1.165) is 5.56 Å². The molecule has 1 aromatic carbocycles. The topological polar surface area (TPSA) is 50.8 Å². The van der Waals surface area contributed by atoms with Gasteiger partial charge in [0.2, 0.25) is 5.91 Å². The van der Waals surface area contributed by atoms with Crippen LogP contribution in [0.4, 0.5) is 0 Å². The van der Waals surface area contributed by atoms with Gasteiger partial charge in [-0.15, -0.1) is 0 Å². The summed E-state index contributed by atoms with van der Waals surface area (Å²) in [4.78, 5) is 14.9. The zero-order valence-electron chi connectivity index (χ0n) is 16.0. The lowest BCUT2D eigenvalue weighted by Gasteiger charge is -2.39. The third kappa shape index (κ3) is 6.06. The van der Waals surface area contributed by atoms with Crippen molar-refractivity contribution in [3.63, 3.8) is 0 Å². The smallest absolute Gasteiger partial charge is 0.220 e. The number of amides is 1. The molecule has 1 aromatic rings. The molecule has 0 saturated heterocycles. The molecule has 1 amide bonds. The van der Waals surface area contributed by atoms with Crippen molar-refractivity contribution < 1.29 is 14.3 Å². The number of nitrogens with one attached hydrogen (secondary N) is 1. The molecule has 0 bridgehead atoms. The van der Waals surface area contributed by atoms with Crippen molar-refractivity contribution in [3.05, 3.63) is 35.9 Å². The Kier molecular flexibility index (Phi) is 9.03. The number of carbonyl (C=O) groups is 1. The van der Waals surface area contributed by atoms with Gasteiger partial charge in [0, 0.05) is 21.1 Å². The van der Waals surface area contributed by atoms with Crippen molar-refractivity contribution in [2.45, 2.75) is 46.1 Å². The zero-order chi connectivity index (χ0) is 19.0. The fourth-order valence-corrected chi connectivity index (χ4v) is 3.37. The van der Waals surface area contributed by atoms with E-state index in [9.17, 15) is 4.79 Å². The van der Waals surface area contributed by atoms with Crippen molar-refractivity contribution in [1.82, 2.24) is 10.2 Å². The lowest BCUT2D eigenvalue weighted by Crippen LogP contribution is -2.52. The monoisotopic (exact) mass is 366 g/mol. The van der Waals surface area contributed by atoms with E-state index in [2.05, 4.69) is 19.2 Å². The summed E-state index contributed by atoms with van der Waals surface area (Å²) in [6.07, 6.45) is -0.386. The van der Waals surface area contributed by atoms with Crippen LogP contribution < -0.4 is 5.32 Å². The van der Waals surface area contributed by atoms with Crippen molar-refractivity contribution >= 4 is 23.1 Å². The molecule has 0 fully saturated rings. The minimum absolute atomic E-state index is 0.00534. The first kappa shape index (κ1) is 21.5. The standard InChI is InChI=1S/C19H30N2O3S/c1-13(2)18(19(25)20-12-17(23-5)24-6)21(15(4)22)14(3)16-10-8-7-9-11-16/h7-11,13-14,17-18H,12H2,1-6H3,(H,20,25)/t14-,18+/m0/s1. The number of hydrogen-bond donors (Lipinski definition) is 1. The minimum Gasteiger partial charge on any atom is -0.373 e. The van der Waals surface area contributed by atoms with Gasteiger partial charge in [-0.2, -0.15) is 0 Å². The molecule has 0 heterocycles. The number of methoxy groups -OCH3 is 2. The largest absolute Gasteiger partial charge is 0.373 e. The van der Waals surface area contributed by atoms with Crippen molar-refractivity contribution in [2.24, 2.45) is 5.92 Å². The van der Waals surface area contributed by atoms with Crippen LogP contribution in [-0.2, 0) is 14.3 Å². The molecule has 0 radical (unpaired) electrons. The molecular weight excluding hydrogens is 336 g/mol. The van der Waals surface area contributed by atoms with Crippen LogP contribution in [0, 0.1) is 5.92 Å².